The van der Waals surface area contributed by atoms with Crippen LogP contribution in [0, 0.1) is 5.21 Å². The van der Waals surface area contributed by atoms with Crippen molar-refractivity contribution in [1.29, 1.82) is 0 Å². The molecule has 0 fully saturated rings. The van der Waals surface area contributed by atoms with Crippen LogP contribution in [0.3, 0.4) is 0 Å². The Morgan fingerprint density at radius 3 is 2.81 bits per heavy atom. The Hall–Kier alpha value is -2.09. The van der Waals surface area contributed by atoms with E-state index in [0.29, 0.717) is 0 Å². The fourth-order valence-corrected chi connectivity index (χ4v) is 2.06. The van der Waals surface area contributed by atoms with Gasteiger partial charge in [-0.1, -0.05) is 30.4 Å². The van der Waals surface area contributed by atoms with Crippen LogP contribution in [0.25, 0.3) is 6.08 Å². The average Bonchev–Trinajstić information content (AvgIpc) is 2.45. The molecule has 2 aliphatic rings. The Kier molecular flexibility index (Phi) is 2.00. The standard InChI is InChI=1S/C14H11NO/c16-15-10-13-7-2-1-5-11(13)9-12-6-3-4-8-14(12)15/h1-5,7-10H,6H2. The van der Waals surface area contributed by atoms with E-state index in [1.54, 1.807) is 6.21 Å². The lowest BCUT2D eigenvalue weighted by Gasteiger charge is -2.09. The Bertz CT molecular complexity index is 562. The number of fused-ring (bicyclic) bond motifs is 2. The summed E-state index contributed by atoms with van der Waals surface area (Å²) in [6.45, 7) is 0. The molecular weight excluding hydrogens is 198 g/mol. The van der Waals surface area contributed by atoms with E-state index < -0.39 is 0 Å². The molecule has 0 aromatic heterocycles. The first-order valence-electron chi connectivity index (χ1n) is 5.32. The number of hydrogen-bond donors (Lipinski definition) is 0. The lowest BCUT2D eigenvalue weighted by molar-refractivity contribution is -0.391. The lowest BCUT2D eigenvalue weighted by Crippen LogP contribution is -2.07. The quantitative estimate of drug-likeness (QED) is 0.476. The lowest BCUT2D eigenvalue weighted by atomic mass is 10.0. The zero-order chi connectivity index (χ0) is 11.0. The highest BCUT2D eigenvalue weighted by molar-refractivity contribution is 5.85. The Morgan fingerprint density at radius 2 is 1.94 bits per heavy atom. The van der Waals surface area contributed by atoms with Gasteiger partial charge in [-0.3, -0.25) is 0 Å². The average molecular weight is 209 g/mol. The monoisotopic (exact) mass is 209 g/mol. The van der Waals surface area contributed by atoms with E-state index in [-0.39, 0.29) is 0 Å². The maximum Gasteiger partial charge on any atom is 0.220 e. The fourth-order valence-electron chi connectivity index (χ4n) is 2.06. The predicted octanol–water partition coefficient (Wildman–Crippen LogP) is 2.86. The Labute approximate surface area is 94.1 Å². The molecule has 0 N–H and O–H groups in total. The van der Waals surface area contributed by atoms with Crippen molar-refractivity contribution in [1.82, 2.24) is 0 Å². The minimum Gasteiger partial charge on any atom is -0.618 e. The molecule has 0 saturated heterocycles. The summed E-state index contributed by atoms with van der Waals surface area (Å²) in [4.78, 5) is 0. The van der Waals surface area contributed by atoms with Crippen LogP contribution in [0.1, 0.15) is 17.5 Å². The van der Waals surface area contributed by atoms with Crippen LogP contribution in [0.2, 0.25) is 0 Å². The van der Waals surface area contributed by atoms with Gasteiger partial charge >= 0.3 is 0 Å². The second-order valence-corrected chi connectivity index (χ2v) is 3.94. The third-order valence-electron chi connectivity index (χ3n) is 2.88. The minimum atomic E-state index is 0.749. The molecule has 0 radical (unpaired) electrons. The zero-order valence-corrected chi connectivity index (χ0v) is 8.76. The normalized spacial score (nSPS) is 17.6. The van der Waals surface area contributed by atoms with Crippen LogP contribution in [-0.4, -0.2) is 11.0 Å². The van der Waals surface area contributed by atoms with Gasteiger partial charge in [0.15, 0.2) is 6.21 Å². The van der Waals surface area contributed by atoms with Gasteiger partial charge in [-0.05, 0) is 24.1 Å². The van der Waals surface area contributed by atoms with Crippen molar-refractivity contribution in [2.45, 2.75) is 6.42 Å². The number of nitrogens with zero attached hydrogens (tertiary/aromatic N) is 1. The third-order valence-corrected chi connectivity index (χ3v) is 2.88. The number of benzene rings is 1. The van der Waals surface area contributed by atoms with Gasteiger partial charge in [-0.15, -0.1) is 0 Å². The summed E-state index contributed by atoms with van der Waals surface area (Å²) in [7, 11) is 0. The smallest absolute Gasteiger partial charge is 0.220 e. The summed E-state index contributed by atoms with van der Waals surface area (Å²) in [6, 6.07) is 7.94. The molecule has 0 bridgehead atoms. The highest BCUT2D eigenvalue weighted by atomic mass is 16.5. The maximum absolute atomic E-state index is 11.9. The van der Waals surface area contributed by atoms with Crippen LogP contribution in [0.4, 0.5) is 0 Å². The van der Waals surface area contributed by atoms with Crippen LogP contribution < -0.4 is 0 Å². The molecule has 0 unspecified atom stereocenters. The van der Waals surface area contributed by atoms with Crippen molar-refractivity contribution >= 4 is 12.3 Å². The number of hydroxylamine groups is 1. The summed E-state index contributed by atoms with van der Waals surface area (Å²) in [6.07, 6.45) is 10.4. The van der Waals surface area contributed by atoms with Crippen LogP contribution in [0.5, 0.6) is 0 Å². The summed E-state index contributed by atoms with van der Waals surface area (Å²) in [5.74, 6) is 0. The molecule has 0 atom stereocenters. The molecule has 3 rings (SSSR count). The summed E-state index contributed by atoms with van der Waals surface area (Å²) in [5.41, 5.74) is 3.91. The van der Waals surface area contributed by atoms with Gasteiger partial charge in [0, 0.05) is 17.2 Å². The van der Waals surface area contributed by atoms with Crippen molar-refractivity contribution < 1.29 is 4.74 Å². The minimum absolute atomic E-state index is 0.749. The molecule has 1 aliphatic carbocycles. The van der Waals surface area contributed by atoms with E-state index in [9.17, 15) is 5.21 Å². The van der Waals surface area contributed by atoms with Crippen molar-refractivity contribution in [3.05, 3.63) is 70.1 Å². The second kappa shape index (κ2) is 3.49. The molecule has 1 aromatic carbocycles. The molecule has 0 spiro atoms. The third kappa shape index (κ3) is 1.39. The molecule has 0 amide bonds. The molecule has 2 nitrogen and oxygen atoms in total. The van der Waals surface area contributed by atoms with E-state index in [1.807, 2.05) is 36.4 Å². The van der Waals surface area contributed by atoms with Gasteiger partial charge in [0.1, 0.15) is 0 Å². The molecule has 1 aromatic rings. The van der Waals surface area contributed by atoms with Gasteiger partial charge in [0.05, 0.1) is 0 Å². The SMILES string of the molecule is [O-][N+]1=Cc2ccccc2C=C2CC=CC=C21. The molecule has 78 valence electrons. The summed E-state index contributed by atoms with van der Waals surface area (Å²) >= 11 is 0. The van der Waals surface area contributed by atoms with Crippen LogP contribution >= 0.6 is 0 Å². The Morgan fingerprint density at radius 1 is 1.12 bits per heavy atom. The topological polar surface area (TPSA) is 26.1 Å². The molecule has 0 saturated carbocycles. The van der Waals surface area contributed by atoms with Crippen molar-refractivity contribution in [2.75, 3.05) is 0 Å². The highest BCUT2D eigenvalue weighted by Crippen LogP contribution is 2.26. The van der Waals surface area contributed by atoms with E-state index >= 15 is 0 Å². The first kappa shape index (κ1) is 9.16. The van der Waals surface area contributed by atoms with E-state index in [4.69, 9.17) is 0 Å². The summed E-state index contributed by atoms with van der Waals surface area (Å²) in [5, 5.41) is 11.9. The number of allylic oxidation sites excluding steroid dienone is 4. The van der Waals surface area contributed by atoms with Gasteiger partial charge in [-0.25, -0.2) is 0 Å². The second-order valence-electron chi connectivity index (χ2n) is 3.94. The van der Waals surface area contributed by atoms with E-state index in [0.717, 1.165) is 33.6 Å². The molecular formula is C14H11NO. The van der Waals surface area contributed by atoms with Crippen molar-refractivity contribution in [3.63, 3.8) is 0 Å². The largest absolute Gasteiger partial charge is 0.618 e. The first-order valence-corrected chi connectivity index (χ1v) is 5.32. The molecule has 16 heavy (non-hydrogen) atoms. The highest BCUT2D eigenvalue weighted by Gasteiger charge is 2.18. The predicted molar refractivity (Wildman–Crippen MR) is 65.1 cm³/mol. The first-order chi connectivity index (χ1) is 7.84. The van der Waals surface area contributed by atoms with Gasteiger partial charge < -0.3 is 5.21 Å². The van der Waals surface area contributed by atoms with E-state index in [1.165, 1.54) is 0 Å². The number of hydrogen-bond acceptors (Lipinski definition) is 1. The van der Waals surface area contributed by atoms with E-state index in [2.05, 4.69) is 12.2 Å². The van der Waals surface area contributed by atoms with Crippen molar-refractivity contribution in [2.24, 2.45) is 0 Å². The molecule has 1 heterocycles. The molecule has 2 heteroatoms. The maximum atomic E-state index is 11.9. The van der Waals surface area contributed by atoms with Crippen LogP contribution in [-0.2, 0) is 0 Å². The number of rotatable bonds is 0. The van der Waals surface area contributed by atoms with Gasteiger partial charge in [0.25, 0.3) is 0 Å². The Balaban J connectivity index is 2.25. The summed E-state index contributed by atoms with van der Waals surface area (Å²) < 4.78 is 0.959. The molecule has 1 aliphatic heterocycles. The fraction of sp³-hybridized carbons (Fsp3) is 0.0714. The van der Waals surface area contributed by atoms with Gasteiger partial charge in [0.2, 0.25) is 5.70 Å². The zero-order valence-electron chi connectivity index (χ0n) is 8.76. The van der Waals surface area contributed by atoms with Gasteiger partial charge in [-0.2, -0.15) is 4.74 Å². The van der Waals surface area contributed by atoms with Crippen LogP contribution in [0.15, 0.2) is 53.8 Å². The van der Waals surface area contributed by atoms with Crippen molar-refractivity contribution in [3.8, 4) is 0 Å².